The molecule has 0 heterocycles. The molecule has 0 unspecified atom stereocenters. The number of nitrogens with zero attached hydrogens (tertiary/aromatic N) is 1. The molecular weight excluding hydrogens is 142 g/mol. The van der Waals surface area contributed by atoms with Crippen molar-refractivity contribution in [1.29, 1.82) is 0 Å². The van der Waals surface area contributed by atoms with Gasteiger partial charge in [0.1, 0.15) is 0 Å². The number of hydrogen-bond acceptors (Lipinski definition) is 2. The fraction of sp³-hybridized carbons (Fsp3) is 1.00. The highest BCUT2D eigenvalue weighted by Gasteiger charge is 2.12. The molecular formula is C7H19NOSi. The summed E-state index contributed by atoms with van der Waals surface area (Å²) in [5.41, 5.74) is 0. The molecule has 2 nitrogen and oxygen atoms in total. The third kappa shape index (κ3) is 8.14. The molecule has 62 valence electrons. The molecule has 0 bridgehead atoms. The summed E-state index contributed by atoms with van der Waals surface area (Å²) in [5, 5.41) is 0. The van der Waals surface area contributed by atoms with Crippen LogP contribution in [-0.2, 0) is 4.43 Å². The van der Waals surface area contributed by atoms with Gasteiger partial charge in [0.2, 0.25) is 0 Å². The number of likely N-dealkylation sites (N-methyl/N-ethyl adjacent to an activating group) is 1. The molecule has 0 rings (SSSR count). The molecule has 0 saturated heterocycles. The van der Waals surface area contributed by atoms with Crippen LogP contribution in [0.1, 0.15) is 0 Å². The SMILES string of the molecule is CN(C)CCO[Si](C)(C)C. The highest BCUT2D eigenvalue weighted by molar-refractivity contribution is 6.69. The Morgan fingerprint density at radius 2 is 1.70 bits per heavy atom. The largest absolute Gasteiger partial charge is 0.416 e. The van der Waals surface area contributed by atoms with E-state index in [0.29, 0.717) is 0 Å². The van der Waals surface area contributed by atoms with Gasteiger partial charge in [0.25, 0.3) is 0 Å². The van der Waals surface area contributed by atoms with Gasteiger partial charge in [0.05, 0.1) is 0 Å². The van der Waals surface area contributed by atoms with Gasteiger partial charge in [-0.15, -0.1) is 0 Å². The molecule has 0 aliphatic carbocycles. The predicted octanol–water partition coefficient (Wildman–Crippen LogP) is 1.40. The molecule has 0 fully saturated rings. The van der Waals surface area contributed by atoms with Crippen molar-refractivity contribution < 1.29 is 4.43 Å². The lowest BCUT2D eigenvalue weighted by atomic mass is 10.6. The van der Waals surface area contributed by atoms with Crippen molar-refractivity contribution in [2.45, 2.75) is 19.6 Å². The van der Waals surface area contributed by atoms with Gasteiger partial charge in [-0.05, 0) is 33.7 Å². The van der Waals surface area contributed by atoms with Gasteiger partial charge >= 0.3 is 0 Å². The molecule has 0 radical (unpaired) electrons. The van der Waals surface area contributed by atoms with Gasteiger partial charge in [-0.3, -0.25) is 0 Å². The molecule has 0 spiro atoms. The van der Waals surface area contributed by atoms with Crippen molar-refractivity contribution in [3.8, 4) is 0 Å². The zero-order valence-corrected chi connectivity index (χ0v) is 8.77. The monoisotopic (exact) mass is 161 g/mol. The van der Waals surface area contributed by atoms with Crippen LogP contribution in [-0.4, -0.2) is 40.5 Å². The van der Waals surface area contributed by atoms with Crippen LogP contribution in [0.5, 0.6) is 0 Å². The van der Waals surface area contributed by atoms with Crippen molar-refractivity contribution >= 4 is 8.32 Å². The van der Waals surface area contributed by atoms with Crippen molar-refractivity contribution in [3.05, 3.63) is 0 Å². The second kappa shape index (κ2) is 4.11. The zero-order valence-electron chi connectivity index (χ0n) is 7.77. The topological polar surface area (TPSA) is 12.5 Å². The molecule has 0 aromatic carbocycles. The summed E-state index contributed by atoms with van der Waals surface area (Å²) in [6.07, 6.45) is 0. The zero-order chi connectivity index (χ0) is 8.20. The Balaban J connectivity index is 3.21. The van der Waals surface area contributed by atoms with E-state index < -0.39 is 8.32 Å². The predicted molar refractivity (Wildman–Crippen MR) is 47.9 cm³/mol. The Labute approximate surface area is 65.3 Å². The summed E-state index contributed by atoms with van der Waals surface area (Å²) < 4.78 is 5.64. The minimum atomic E-state index is -1.25. The second-order valence-electron chi connectivity index (χ2n) is 3.76. The van der Waals surface area contributed by atoms with Crippen LogP contribution in [0.15, 0.2) is 0 Å². The summed E-state index contributed by atoms with van der Waals surface area (Å²) in [5.74, 6) is 0. The Bertz CT molecular complexity index is 88.1. The quantitative estimate of drug-likeness (QED) is 0.578. The van der Waals surface area contributed by atoms with E-state index in [1.807, 2.05) is 0 Å². The molecule has 0 aliphatic rings. The van der Waals surface area contributed by atoms with Gasteiger partial charge in [0, 0.05) is 13.2 Å². The molecule has 0 aromatic heterocycles. The van der Waals surface area contributed by atoms with Crippen LogP contribution < -0.4 is 0 Å². The fourth-order valence-electron chi connectivity index (χ4n) is 0.534. The molecule has 0 aliphatic heterocycles. The summed E-state index contributed by atoms with van der Waals surface area (Å²) >= 11 is 0. The maximum atomic E-state index is 5.64. The lowest BCUT2D eigenvalue weighted by molar-refractivity contribution is 0.256. The van der Waals surface area contributed by atoms with Crippen molar-refractivity contribution in [2.75, 3.05) is 27.2 Å². The van der Waals surface area contributed by atoms with Gasteiger partial charge < -0.3 is 9.33 Å². The van der Waals surface area contributed by atoms with Crippen molar-refractivity contribution in [3.63, 3.8) is 0 Å². The van der Waals surface area contributed by atoms with E-state index in [0.717, 1.165) is 13.2 Å². The van der Waals surface area contributed by atoms with Crippen LogP contribution >= 0.6 is 0 Å². The Hall–Kier alpha value is 0.137. The third-order valence-corrected chi connectivity index (χ3v) is 2.14. The van der Waals surface area contributed by atoms with E-state index in [4.69, 9.17) is 4.43 Å². The van der Waals surface area contributed by atoms with Crippen molar-refractivity contribution in [2.24, 2.45) is 0 Å². The maximum absolute atomic E-state index is 5.64. The fourth-order valence-corrected chi connectivity index (χ4v) is 1.24. The summed E-state index contributed by atoms with van der Waals surface area (Å²) in [4.78, 5) is 2.14. The van der Waals surface area contributed by atoms with E-state index in [-0.39, 0.29) is 0 Å². The molecule has 0 N–H and O–H groups in total. The first kappa shape index (κ1) is 10.1. The summed E-state index contributed by atoms with van der Waals surface area (Å²) in [6.45, 7) is 8.54. The van der Waals surface area contributed by atoms with Crippen LogP contribution in [0.4, 0.5) is 0 Å². The standard InChI is InChI=1S/C7H19NOSi/c1-8(2)6-7-9-10(3,4)5/h6-7H2,1-5H3. The smallest absolute Gasteiger partial charge is 0.183 e. The third-order valence-electron chi connectivity index (χ3n) is 1.07. The second-order valence-corrected chi connectivity index (χ2v) is 8.28. The Kier molecular flexibility index (Phi) is 4.16. The molecule has 0 saturated carbocycles. The van der Waals surface area contributed by atoms with Gasteiger partial charge in [-0.25, -0.2) is 0 Å². The van der Waals surface area contributed by atoms with E-state index in [1.165, 1.54) is 0 Å². The summed E-state index contributed by atoms with van der Waals surface area (Å²) in [7, 11) is 2.88. The molecule has 0 atom stereocenters. The highest BCUT2D eigenvalue weighted by atomic mass is 28.4. The first-order valence-corrected chi connectivity index (χ1v) is 7.11. The number of rotatable bonds is 4. The first-order valence-electron chi connectivity index (χ1n) is 3.70. The Morgan fingerprint density at radius 3 is 2.00 bits per heavy atom. The maximum Gasteiger partial charge on any atom is 0.183 e. The lowest BCUT2D eigenvalue weighted by Gasteiger charge is -2.18. The van der Waals surface area contributed by atoms with Gasteiger partial charge in [-0.1, -0.05) is 0 Å². The first-order chi connectivity index (χ1) is 4.42. The number of hydrogen-bond donors (Lipinski definition) is 0. The van der Waals surface area contributed by atoms with Crippen LogP contribution in [0.3, 0.4) is 0 Å². The highest BCUT2D eigenvalue weighted by Crippen LogP contribution is 2.01. The van der Waals surface area contributed by atoms with E-state index in [9.17, 15) is 0 Å². The lowest BCUT2D eigenvalue weighted by Crippen LogP contribution is -2.29. The van der Waals surface area contributed by atoms with Crippen LogP contribution in [0, 0.1) is 0 Å². The van der Waals surface area contributed by atoms with E-state index in [2.05, 4.69) is 38.6 Å². The molecule has 3 heteroatoms. The normalized spacial score (nSPS) is 12.6. The van der Waals surface area contributed by atoms with E-state index >= 15 is 0 Å². The van der Waals surface area contributed by atoms with Crippen LogP contribution in [0.2, 0.25) is 19.6 Å². The Morgan fingerprint density at radius 1 is 1.20 bits per heavy atom. The van der Waals surface area contributed by atoms with Crippen LogP contribution in [0.25, 0.3) is 0 Å². The molecule has 10 heavy (non-hydrogen) atoms. The molecule has 0 aromatic rings. The van der Waals surface area contributed by atoms with E-state index in [1.54, 1.807) is 0 Å². The van der Waals surface area contributed by atoms with Crippen molar-refractivity contribution in [1.82, 2.24) is 4.90 Å². The average molecular weight is 161 g/mol. The average Bonchev–Trinajstić information content (AvgIpc) is 1.59. The van der Waals surface area contributed by atoms with Gasteiger partial charge in [-0.2, -0.15) is 0 Å². The van der Waals surface area contributed by atoms with Gasteiger partial charge in [0.15, 0.2) is 8.32 Å². The molecule has 0 amide bonds. The minimum Gasteiger partial charge on any atom is -0.416 e. The summed E-state index contributed by atoms with van der Waals surface area (Å²) in [6, 6.07) is 0. The minimum absolute atomic E-state index is 0.878.